The lowest BCUT2D eigenvalue weighted by molar-refractivity contribution is 0.0602. The SMILES string of the molecule is COC(=O)c1coc2cccc(CN)c12. The van der Waals surface area contributed by atoms with Gasteiger partial charge in [-0.15, -0.1) is 0 Å². The molecule has 4 heteroatoms. The smallest absolute Gasteiger partial charge is 0.341 e. The fraction of sp³-hybridized carbons (Fsp3) is 0.182. The Labute approximate surface area is 86.6 Å². The second-order valence-corrected chi connectivity index (χ2v) is 3.14. The number of carbonyl (C=O) groups excluding carboxylic acids is 1. The molecule has 0 atom stereocenters. The maximum Gasteiger partial charge on any atom is 0.341 e. The molecule has 0 unspecified atom stereocenters. The van der Waals surface area contributed by atoms with Crippen LogP contribution in [0.25, 0.3) is 11.0 Å². The number of methoxy groups -OCH3 is 1. The molecule has 4 nitrogen and oxygen atoms in total. The van der Waals surface area contributed by atoms with Gasteiger partial charge in [0.05, 0.1) is 7.11 Å². The molecule has 0 aliphatic carbocycles. The molecule has 1 aromatic carbocycles. The summed E-state index contributed by atoms with van der Waals surface area (Å²) in [6, 6.07) is 5.50. The molecule has 0 fully saturated rings. The molecule has 0 spiro atoms. The highest BCUT2D eigenvalue weighted by Crippen LogP contribution is 2.25. The number of hydrogen-bond acceptors (Lipinski definition) is 4. The van der Waals surface area contributed by atoms with Crippen LogP contribution in [0.5, 0.6) is 0 Å². The van der Waals surface area contributed by atoms with Gasteiger partial charge in [0.1, 0.15) is 17.4 Å². The topological polar surface area (TPSA) is 65.5 Å². The van der Waals surface area contributed by atoms with E-state index < -0.39 is 5.97 Å². The minimum Gasteiger partial charge on any atom is -0.465 e. The first-order valence-corrected chi connectivity index (χ1v) is 4.55. The molecule has 0 saturated heterocycles. The summed E-state index contributed by atoms with van der Waals surface area (Å²) in [5.74, 6) is -0.408. The van der Waals surface area contributed by atoms with Crippen molar-refractivity contribution in [1.82, 2.24) is 0 Å². The summed E-state index contributed by atoms with van der Waals surface area (Å²) in [5.41, 5.74) is 7.54. The van der Waals surface area contributed by atoms with E-state index in [1.807, 2.05) is 12.1 Å². The molecule has 0 aliphatic heterocycles. The van der Waals surface area contributed by atoms with Gasteiger partial charge in [0, 0.05) is 11.9 Å². The van der Waals surface area contributed by atoms with Crippen molar-refractivity contribution in [3.63, 3.8) is 0 Å². The Morgan fingerprint density at radius 2 is 2.33 bits per heavy atom. The minimum absolute atomic E-state index is 0.362. The van der Waals surface area contributed by atoms with E-state index in [0.29, 0.717) is 17.7 Å². The van der Waals surface area contributed by atoms with Crippen LogP contribution in [0.4, 0.5) is 0 Å². The van der Waals surface area contributed by atoms with E-state index in [0.717, 1.165) is 10.9 Å². The summed E-state index contributed by atoms with van der Waals surface area (Å²) in [6.45, 7) is 0.362. The third kappa shape index (κ3) is 1.49. The number of nitrogens with two attached hydrogens (primary N) is 1. The number of ether oxygens (including phenoxy) is 1. The van der Waals surface area contributed by atoms with Crippen molar-refractivity contribution in [3.05, 3.63) is 35.6 Å². The summed E-state index contributed by atoms with van der Waals surface area (Å²) >= 11 is 0. The van der Waals surface area contributed by atoms with E-state index in [4.69, 9.17) is 10.2 Å². The molecular weight excluding hydrogens is 194 g/mol. The lowest BCUT2D eigenvalue weighted by Crippen LogP contribution is -2.03. The molecule has 1 aromatic heterocycles. The molecule has 0 saturated carbocycles. The first-order chi connectivity index (χ1) is 7.27. The zero-order valence-corrected chi connectivity index (χ0v) is 8.32. The lowest BCUT2D eigenvalue weighted by Gasteiger charge is -2.00. The van der Waals surface area contributed by atoms with Gasteiger partial charge in [-0.2, -0.15) is 0 Å². The highest BCUT2D eigenvalue weighted by Gasteiger charge is 2.16. The molecule has 2 N–H and O–H groups in total. The van der Waals surface area contributed by atoms with Gasteiger partial charge < -0.3 is 14.9 Å². The second-order valence-electron chi connectivity index (χ2n) is 3.14. The maximum atomic E-state index is 11.4. The minimum atomic E-state index is -0.408. The first kappa shape index (κ1) is 9.73. The van der Waals surface area contributed by atoms with Crippen LogP contribution in [0, 0.1) is 0 Å². The number of carbonyl (C=O) groups is 1. The summed E-state index contributed by atoms with van der Waals surface area (Å²) in [7, 11) is 1.34. The molecule has 15 heavy (non-hydrogen) atoms. The normalized spacial score (nSPS) is 10.5. The van der Waals surface area contributed by atoms with Gasteiger partial charge in [0.2, 0.25) is 0 Å². The standard InChI is InChI=1S/C11H11NO3/c1-14-11(13)8-6-15-9-4-2-3-7(5-12)10(8)9/h2-4,6H,5,12H2,1H3. The van der Waals surface area contributed by atoms with E-state index in [9.17, 15) is 4.79 Å². The Morgan fingerprint density at radius 3 is 3.00 bits per heavy atom. The van der Waals surface area contributed by atoms with Crippen LogP contribution in [0.2, 0.25) is 0 Å². The van der Waals surface area contributed by atoms with Crippen LogP contribution in [0.1, 0.15) is 15.9 Å². The fourth-order valence-corrected chi connectivity index (χ4v) is 1.59. The van der Waals surface area contributed by atoms with Gasteiger partial charge in [0.25, 0.3) is 0 Å². The van der Waals surface area contributed by atoms with E-state index in [1.165, 1.54) is 13.4 Å². The quantitative estimate of drug-likeness (QED) is 0.757. The third-order valence-electron chi connectivity index (χ3n) is 2.31. The van der Waals surface area contributed by atoms with Crippen molar-refractivity contribution in [1.29, 1.82) is 0 Å². The van der Waals surface area contributed by atoms with Crippen molar-refractivity contribution in [2.75, 3.05) is 7.11 Å². The number of furan rings is 1. The summed E-state index contributed by atoms with van der Waals surface area (Å²) in [5, 5.41) is 0.742. The number of esters is 1. The molecule has 78 valence electrons. The summed E-state index contributed by atoms with van der Waals surface area (Å²) < 4.78 is 9.92. The Balaban J connectivity index is 2.71. The van der Waals surface area contributed by atoms with Crippen molar-refractivity contribution in [2.24, 2.45) is 5.73 Å². The van der Waals surface area contributed by atoms with Gasteiger partial charge >= 0.3 is 5.97 Å². The molecule has 2 rings (SSSR count). The predicted octanol–water partition coefficient (Wildman–Crippen LogP) is 1.68. The first-order valence-electron chi connectivity index (χ1n) is 4.55. The molecule has 0 aliphatic rings. The molecule has 0 amide bonds. The molecule has 2 aromatic rings. The van der Waals surface area contributed by atoms with Crippen molar-refractivity contribution in [3.8, 4) is 0 Å². The third-order valence-corrected chi connectivity index (χ3v) is 2.31. The summed E-state index contributed by atoms with van der Waals surface area (Å²) in [4.78, 5) is 11.4. The van der Waals surface area contributed by atoms with Gasteiger partial charge in [-0.3, -0.25) is 0 Å². The Kier molecular flexibility index (Phi) is 2.43. The monoisotopic (exact) mass is 205 g/mol. The average molecular weight is 205 g/mol. The predicted molar refractivity (Wildman–Crippen MR) is 55.4 cm³/mol. The zero-order chi connectivity index (χ0) is 10.8. The highest BCUT2D eigenvalue weighted by molar-refractivity contribution is 6.04. The Hall–Kier alpha value is -1.81. The Bertz CT molecular complexity index is 502. The van der Waals surface area contributed by atoms with Gasteiger partial charge in [0.15, 0.2) is 0 Å². The number of fused-ring (bicyclic) bond motifs is 1. The van der Waals surface area contributed by atoms with Crippen LogP contribution >= 0.6 is 0 Å². The Morgan fingerprint density at radius 1 is 1.53 bits per heavy atom. The number of benzene rings is 1. The van der Waals surface area contributed by atoms with Gasteiger partial charge in [-0.1, -0.05) is 12.1 Å². The fourth-order valence-electron chi connectivity index (χ4n) is 1.59. The highest BCUT2D eigenvalue weighted by atomic mass is 16.5. The van der Waals surface area contributed by atoms with E-state index in [-0.39, 0.29) is 0 Å². The zero-order valence-electron chi connectivity index (χ0n) is 8.32. The summed E-state index contributed by atoms with van der Waals surface area (Å²) in [6.07, 6.45) is 1.40. The van der Waals surface area contributed by atoms with Gasteiger partial charge in [-0.05, 0) is 11.6 Å². The number of hydrogen-bond donors (Lipinski definition) is 1. The largest absolute Gasteiger partial charge is 0.465 e. The number of rotatable bonds is 2. The molecule has 0 bridgehead atoms. The molecule has 1 heterocycles. The van der Waals surface area contributed by atoms with Gasteiger partial charge in [-0.25, -0.2) is 4.79 Å². The molecule has 0 radical (unpaired) electrons. The van der Waals surface area contributed by atoms with Crippen LogP contribution < -0.4 is 5.73 Å². The van der Waals surface area contributed by atoms with E-state index in [1.54, 1.807) is 6.07 Å². The van der Waals surface area contributed by atoms with Crippen LogP contribution in [0.3, 0.4) is 0 Å². The van der Waals surface area contributed by atoms with Crippen LogP contribution in [0.15, 0.2) is 28.9 Å². The average Bonchev–Trinajstić information content (AvgIpc) is 2.71. The van der Waals surface area contributed by atoms with Crippen molar-refractivity contribution in [2.45, 2.75) is 6.54 Å². The maximum absolute atomic E-state index is 11.4. The second kappa shape index (κ2) is 3.74. The van der Waals surface area contributed by atoms with E-state index in [2.05, 4.69) is 4.74 Å². The van der Waals surface area contributed by atoms with Crippen molar-refractivity contribution >= 4 is 16.9 Å². The lowest BCUT2D eigenvalue weighted by atomic mass is 10.1. The van der Waals surface area contributed by atoms with Crippen LogP contribution in [-0.2, 0) is 11.3 Å². The van der Waals surface area contributed by atoms with E-state index >= 15 is 0 Å². The van der Waals surface area contributed by atoms with Crippen LogP contribution in [-0.4, -0.2) is 13.1 Å². The van der Waals surface area contributed by atoms with Crippen molar-refractivity contribution < 1.29 is 13.9 Å². The molecular formula is C11H11NO3.